The van der Waals surface area contributed by atoms with Crippen LogP contribution in [0.15, 0.2) is 11.6 Å². The monoisotopic (exact) mass is 544 g/mol. The first-order valence-electron chi connectivity index (χ1n) is 15.6. The molecule has 4 aliphatic carbocycles. The Hall–Kier alpha value is -1.36. The van der Waals surface area contributed by atoms with Gasteiger partial charge in [0.05, 0.1) is 5.60 Å². The van der Waals surface area contributed by atoms with Gasteiger partial charge in [-0.15, -0.1) is 0 Å². The first-order chi connectivity index (χ1) is 17.9. The van der Waals surface area contributed by atoms with Crippen LogP contribution in [-0.2, 0) is 19.1 Å². The standard InChI is InChI=1S/C34H56O5/c1-21(2)12-11-16-34(10,37)24-13-18-32(8)25(24)20-26(38-22(3)35)29-31(7)17-15-28(39-23(4)36)30(5,6)27(31)14-19-33(29,32)9/h12,24-29,37H,11,13-20H2,1-10H3/t24-,25?,26?,27?,28-,29?,31-,32+,33+,34?/m0/s1. The Bertz CT molecular complexity index is 992. The van der Waals surface area contributed by atoms with Gasteiger partial charge in [0.2, 0.25) is 0 Å². The van der Waals surface area contributed by atoms with E-state index in [2.05, 4.69) is 61.5 Å². The number of rotatable bonds is 6. The molecule has 0 spiro atoms. The van der Waals surface area contributed by atoms with Crippen LogP contribution in [0.2, 0.25) is 0 Å². The smallest absolute Gasteiger partial charge is 0.302 e. The third-order valence-corrected chi connectivity index (χ3v) is 12.9. The quantitative estimate of drug-likeness (QED) is 0.275. The largest absolute Gasteiger partial charge is 0.462 e. The van der Waals surface area contributed by atoms with Gasteiger partial charge in [0.1, 0.15) is 12.2 Å². The van der Waals surface area contributed by atoms with Crippen LogP contribution in [0.25, 0.3) is 0 Å². The Balaban J connectivity index is 1.73. The molecule has 5 heteroatoms. The van der Waals surface area contributed by atoms with Gasteiger partial charge < -0.3 is 14.6 Å². The van der Waals surface area contributed by atoms with Crippen LogP contribution < -0.4 is 0 Å². The Labute approximate surface area is 237 Å². The predicted molar refractivity (Wildman–Crippen MR) is 155 cm³/mol. The molecule has 0 aromatic carbocycles. The highest BCUT2D eigenvalue weighted by Gasteiger charge is 2.72. The molecule has 0 heterocycles. The second-order valence-electron chi connectivity index (χ2n) is 15.7. The van der Waals surface area contributed by atoms with Crippen LogP contribution in [-0.4, -0.2) is 34.9 Å². The van der Waals surface area contributed by atoms with Crippen molar-refractivity contribution in [2.24, 2.45) is 45.3 Å². The van der Waals surface area contributed by atoms with Gasteiger partial charge in [0.15, 0.2) is 0 Å². The zero-order valence-corrected chi connectivity index (χ0v) is 26.5. The van der Waals surface area contributed by atoms with E-state index in [0.717, 1.165) is 57.8 Å². The van der Waals surface area contributed by atoms with Gasteiger partial charge in [-0.3, -0.25) is 9.59 Å². The highest BCUT2D eigenvalue weighted by atomic mass is 16.5. The fourth-order valence-electron chi connectivity index (χ4n) is 11.1. The maximum absolute atomic E-state index is 12.6. The summed E-state index contributed by atoms with van der Waals surface area (Å²) in [7, 11) is 0. The van der Waals surface area contributed by atoms with Crippen molar-refractivity contribution in [3.8, 4) is 0 Å². The molecule has 0 bridgehead atoms. The Kier molecular flexibility index (Phi) is 7.98. The van der Waals surface area contributed by atoms with Crippen LogP contribution in [0.4, 0.5) is 0 Å². The highest BCUT2D eigenvalue weighted by molar-refractivity contribution is 5.66. The minimum absolute atomic E-state index is 0.00360. The first kappa shape index (κ1) is 30.6. The molecule has 1 N–H and O–H groups in total. The fraction of sp³-hybridized carbons (Fsp3) is 0.882. The van der Waals surface area contributed by atoms with E-state index in [9.17, 15) is 14.7 Å². The molecule has 0 aromatic heterocycles. The van der Waals surface area contributed by atoms with Gasteiger partial charge in [-0.05, 0) is 113 Å². The van der Waals surface area contributed by atoms with Gasteiger partial charge in [-0.1, -0.05) is 46.3 Å². The molecule has 4 rings (SSSR count). The van der Waals surface area contributed by atoms with Crippen LogP contribution in [0.3, 0.4) is 0 Å². The second-order valence-corrected chi connectivity index (χ2v) is 15.7. The third-order valence-electron chi connectivity index (χ3n) is 12.9. The Morgan fingerprint density at radius 3 is 2.10 bits per heavy atom. The molecule has 4 saturated carbocycles. The SMILES string of the molecule is CC(=O)OC1CC2[C@@H](C(C)(O)CCC=C(C)C)CC[C@@]2(C)[C@]2(C)CCC3C(C)(C)[C@@H](OC(C)=O)CC[C@]3(C)C12. The van der Waals surface area contributed by atoms with Gasteiger partial charge in [0, 0.05) is 25.2 Å². The lowest BCUT2D eigenvalue weighted by Crippen LogP contribution is -2.68. The van der Waals surface area contributed by atoms with E-state index in [0.29, 0.717) is 11.8 Å². The number of carbonyl (C=O) groups is 2. The Morgan fingerprint density at radius 2 is 1.51 bits per heavy atom. The summed E-state index contributed by atoms with van der Waals surface area (Å²) in [5.74, 6) is 0.733. The van der Waals surface area contributed by atoms with Crippen LogP contribution in [0.5, 0.6) is 0 Å². The second kappa shape index (κ2) is 10.2. The summed E-state index contributed by atoms with van der Waals surface area (Å²) in [4.78, 5) is 24.5. The molecule has 4 fully saturated rings. The summed E-state index contributed by atoms with van der Waals surface area (Å²) in [5.41, 5.74) is 0.447. The van der Waals surface area contributed by atoms with E-state index in [1.807, 2.05) is 0 Å². The summed E-state index contributed by atoms with van der Waals surface area (Å²) in [6, 6.07) is 0. The summed E-state index contributed by atoms with van der Waals surface area (Å²) in [6.45, 7) is 21.4. The van der Waals surface area contributed by atoms with Crippen LogP contribution in [0.1, 0.15) is 127 Å². The summed E-state index contributed by atoms with van der Waals surface area (Å²) in [6.07, 6.45) is 10.6. The zero-order chi connectivity index (χ0) is 29.2. The van der Waals surface area contributed by atoms with E-state index in [1.54, 1.807) is 6.92 Å². The van der Waals surface area contributed by atoms with E-state index in [1.165, 1.54) is 12.5 Å². The molecule has 0 aliphatic heterocycles. The lowest BCUT2D eigenvalue weighted by molar-refractivity contribution is -0.262. The first-order valence-corrected chi connectivity index (χ1v) is 15.6. The molecule has 5 nitrogen and oxygen atoms in total. The summed E-state index contributed by atoms with van der Waals surface area (Å²) >= 11 is 0. The molecular formula is C34H56O5. The predicted octanol–water partition coefficient (Wildman–Crippen LogP) is 7.64. The molecule has 4 aliphatic rings. The van der Waals surface area contributed by atoms with Crippen molar-refractivity contribution in [3.63, 3.8) is 0 Å². The lowest BCUT2D eigenvalue weighted by Gasteiger charge is -2.71. The number of hydrogen-bond donors (Lipinski definition) is 1. The number of allylic oxidation sites excluding steroid dienone is 2. The maximum Gasteiger partial charge on any atom is 0.302 e. The van der Waals surface area contributed by atoms with Gasteiger partial charge >= 0.3 is 11.9 Å². The van der Waals surface area contributed by atoms with Crippen molar-refractivity contribution >= 4 is 11.9 Å². The van der Waals surface area contributed by atoms with Crippen LogP contribution in [0, 0.1) is 45.3 Å². The Morgan fingerprint density at radius 1 is 0.897 bits per heavy atom. The average Bonchev–Trinajstić information content (AvgIpc) is 3.13. The van der Waals surface area contributed by atoms with Crippen molar-refractivity contribution in [3.05, 3.63) is 11.6 Å². The highest BCUT2D eigenvalue weighted by Crippen LogP contribution is 2.76. The minimum atomic E-state index is -0.746. The van der Waals surface area contributed by atoms with Crippen molar-refractivity contribution in [2.45, 2.75) is 145 Å². The van der Waals surface area contributed by atoms with E-state index in [4.69, 9.17) is 9.47 Å². The van der Waals surface area contributed by atoms with E-state index >= 15 is 0 Å². The van der Waals surface area contributed by atoms with Crippen molar-refractivity contribution in [1.29, 1.82) is 0 Å². The van der Waals surface area contributed by atoms with Crippen molar-refractivity contribution in [1.82, 2.24) is 0 Å². The fourth-order valence-corrected chi connectivity index (χ4v) is 11.1. The number of fused-ring (bicyclic) bond motifs is 5. The average molecular weight is 545 g/mol. The molecule has 0 amide bonds. The van der Waals surface area contributed by atoms with Gasteiger partial charge in [0.25, 0.3) is 0 Å². The molecule has 0 saturated heterocycles. The molecular weight excluding hydrogens is 488 g/mol. The van der Waals surface area contributed by atoms with Crippen molar-refractivity contribution < 1.29 is 24.2 Å². The van der Waals surface area contributed by atoms with E-state index in [-0.39, 0.29) is 57.6 Å². The third kappa shape index (κ3) is 4.91. The van der Waals surface area contributed by atoms with Gasteiger partial charge in [-0.25, -0.2) is 0 Å². The number of carbonyl (C=O) groups excluding carboxylic acids is 2. The maximum atomic E-state index is 12.6. The normalized spacial score (nSPS) is 44.2. The number of aliphatic hydroxyl groups is 1. The van der Waals surface area contributed by atoms with Crippen molar-refractivity contribution in [2.75, 3.05) is 0 Å². The molecule has 10 atom stereocenters. The summed E-state index contributed by atoms with van der Waals surface area (Å²) in [5, 5.41) is 11.9. The number of hydrogen-bond acceptors (Lipinski definition) is 5. The minimum Gasteiger partial charge on any atom is -0.462 e. The molecule has 222 valence electrons. The molecule has 39 heavy (non-hydrogen) atoms. The molecule has 5 unspecified atom stereocenters. The van der Waals surface area contributed by atoms with E-state index < -0.39 is 5.60 Å². The zero-order valence-electron chi connectivity index (χ0n) is 26.5. The topological polar surface area (TPSA) is 72.8 Å². The molecule has 0 radical (unpaired) electrons. The number of ether oxygens (including phenoxy) is 2. The molecule has 0 aromatic rings. The van der Waals surface area contributed by atoms with Gasteiger partial charge in [-0.2, -0.15) is 0 Å². The number of esters is 2. The lowest BCUT2D eigenvalue weighted by atomic mass is 9.35. The van der Waals surface area contributed by atoms with Crippen LogP contribution >= 0.6 is 0 Å². The summed E-state index contributed by atoms with van der Waals surface area (Å²) < 4.78 is 12.2.